The SMILES string of the molecule is CC(C)(C)C(C#Cc1ccc(C#Cc2ccccc2)cc1)c1ccc2ccc(C(C#Cc3ccc(C#Cc4ccccc4)cc3)C(C)(C)C)cc2c1. The van der Waals surface area contributed by atoms with E-state index in [0.717, 1.165) is 33.4 Å². The zero-order valence-electron chi connectivity index (χ0n) is 31.0. The van der Waals surface area contributed by atoms with Crippen LogP contribution in [0.3, 0.4) is 0 Å². The van der Waals surface area contributed by atoms with Gasteiger partial charge in [0.05, 0.1) is 11.8 Å². The van der Waals surface area contributed by atoms with E-state index in [-0.39, 0.29) is 22.7 Å². The minimum Gasteiger partial charge on any atom is -0.0891 e. The van der Waals surface area contributed by atoms with Crippen LogP contribution in [0, 0.1) is 58.2 Å². The molecule has 0 bridgehead atoms. The first-order chi connectivity index (χ1) is 25.0. The number of hydrogen-bond acceptors (Lipinski definition) is 0. The summed E-state index contributed by atoms with van der Waals surface area (Å²) < 4.78 is 0. The van der Waals surface area contributed by atoms with Crippen LogP contribution in [0.15, 0.2) is 146 Å². The molecule has 0 spiro atoms. The van der Waals surface area contributed by atoms with Crippen LogP contribution in [-0.4, -0.2) is 0 Å². The molecule has 0 amide bonds. The zero-order chi connectivity index (χ0) is 36.6. The lowest BCUT2D eigenvalue weighted by molar-refractivity contribution is 0.375. The second kappa shape index (κ2) is 15.8. The number of fused-ring (bicyclic) bond motifs is 1. The molecule has 0 heteroatoms. The van der Waals surface area contributed by atoms with Crippen molar-refractivity contribution in [1.29, 1.82) is 0 Å². The summed E-state index contributed by atoms with van der Waals surface area (Å²) in [5.41, 5.74) is 8.30. The van der Waals surface area contributed by atoms with Gasteiger partial charge in [0.15, 0.2) is 0 Å². The first kappa shape index (κ1) is 35.6. The Balaban J connectivity index is 1.24. The van der Waals surface area contributed by atoms with Gasteiger partial charge in [0, 0.05) is 33.4 Å². The summed E-state index contributed by atoms with van der Waals surface area (Å²) in [6.45, 7) is 13.6. The monoisotopic (exact) mass is 668 g/mol. The quantitative estimate of drug-likeness (QED) is 0.161. The Kier molecular flexibility index (Phi) is 10.8. The lowest BCUT2D eigenvalue weighted by Crippen LogP contribution is -2.17. The van der Waals surface area contributed by atoms with Crippen LogP contribution in [-0.2, 0) is 0 Å². The van der Waals surface area contributed by atoms with Crippen LogP contribution in [0.2, 0.25) is 0 Å². The van der Waals surface area contributed by atoms with Crippen molar-refractivity contribution < 1.29 is 0 Å². The molecule has 0 radical (unpaired) electrons. The van der Waals surface area contributed by atoms with E-state index < -0.39 is 0 Å². The van der Waals surface area contributed by atoms with Gasteiger partial charge in [-0.2, -0.15) is 0 Å². The molecular weight excluding hydrogens is 625 g/mol. The summed E-state index contributed by atoms with van der Waals surface area (Å²) in [6, 6.07) is 50.2. The van der Waals surface area contributed by atoms with E-state index in [2.05, 4.69) is 174 Å². The van der Waals surface area contributed by atoms with E-state index in [9.17, 15) is 0 Å². The fraction of sp³-hybridized carbons (Fsp3) is 0.192. The molecule has 6 aromatic rings. The van der Waals surface area contributed by atoms with Crippen LogP contribution in [0.5, 0.6) is 0 Å². The third kappa shape index (κ3) is 9.53. The Hall–Kier alpha value is -6.18. The summed E-state index contributed by atoms with van der Waals surface area (Å²) in [5, 5.41) is 2.43. The van der Waals surface area contributed by atoms with Gasteiger partial charge in [-0.1, -0.05) is 150 Å². The predicted molar refractivity (Wildman–Crippen MR) is 220 cm³/mol. The smallest absolute Gasteiger partial charge is 0.0504 e. The molecule has 0 fully saturated rings. The van der Waals surface area contributed by atoms with Crippen LogP contribution in [0.4, 0.5) is 0 Å². The van der Waals surface area contributed by atoms with Gasteiger partial charge in [0.25, 0.3) is 0 Å². The number of hydrogen-bond donors (Lipinski definition) is 0. The summed E-state index contributed by atoms with van der Waals surface area (Å²) in [6.07, 6.45) is 0. The average Bonchev–Trinajstić information content (AvgIpc) is 3.14. The molecule has 52 heavy (non-hydrogen) atoms. The minimum atomic E-state index is -0.0541. The third-order valence-corrected chi connectivity index (χ3v) is 9.03. The molecule has 0 nitrogen and oxygen atoms in total. The molecular formula is C52H44. The lowest BCUT2D eigenvalue weighted by atomic mass is 9.75. The van der Waals surface area contributed by atoms with E-state index in [4.69, 9.17) is 0 Å². The molecule has 6 aromatic carbocycles. The molecule has 0 saturated carbocycles. The third-order valence-electron chi connectivity index (χ3n) is 9.03. The van der Waals surface area contributed by atoms with Crippen molar-refractivity contribution in [3.63, 3.8) is 0 Å². The predicted octanol–water partition coefficient (Wildman–Crippen LogP) is 12.0. The van der Waals surface area contributed by atoms with E-state index in [0.29, 0.717) is 0 Å². The molecule has 252 valence electrons. The highest BCUT2D eigenvalue weighted by Crippen LogP contribution is 2.38. The van der Waals surface area contributed by atoms with E-state index >= 15 is 0 Å². The fourth-order valence-electron chi connectivity index (χ4n) is 6.16. The van der Waals surface area contributed by atoms with Crippen molar-refractivity contribution in [3.05, 3.63) is 190 Å². The molecule has 0 heterocycles. The molecule has 0 aromatic heterocycles. The van der Waals surface area contributed by atoms with Crippen molar-refractivity contribution in [1.82, 2.24) is 0 Å². The summed E-state index contributed by atoms with van der Waals surface area (Å²) in [7, 11) is 0. The van der Waals surface area contributed by atoms with E-state index in [1.807, 2.05) is 60.7 Å². The normalized spacial score (nSPS) is 12.0. The standard InChI is InChI=1S/C52H44/c1-51(2,3)49(35-29-43-25-21-41(22-26-43)19-17-39-13-9-7-10-14-39)46-33-31-45-32-34-47(38-48(45)37-46)50(52(4,5)6)36-30-44-27-23-42(24-28-44)20-18-40-15-11-8-12-16-40/h7-16,21-28,31-34,37-38,49-50H,1-6H3. The van der Waals surface area contributed by atoms with Crippen molar-refractivity contribution in [3.8, 4) is 47.4 Å². The maximum atomic E-state index is 3.64. The molecule has 0 saturated heterocycles. The fourth-order valence-corrected chi connectivity index (χ4v) is 6.16. The van der Waals surface area contributed by atoms with Gasteiger partial charge in [-0.3, -0.25) is 0 Å². The zero-order valence-corrected chi connectivity index (χ0v) is 31.0. The molecule has 0 aliphatic heterocycles. The number of rotatable bonds is 2. The molecule has 0 N–H and O–H groups in total. The van der Waals surface area contributed by atoms with Crippen molar-refractivity contribution in [2.24, 2.45) is 10.8 Å². The first-order valence-electron chi connectivity index (χ1n) is 17.9. The summed E-state index contributed by atoms with van der Waals surface area (Å²) in [5.74, 6) is 27.3. The second-order valence-electron chi connectivity index (χ2n) is 15.4. The molecule has 2 atom stereocenters. The van der Waals surface area contributed by atoms with Crippen LogP contribution in [0.25, 0.3) is 10.8 Å². The van der Waals surface area contributed by atoms with Gasteiger partial charge in [-0.15, -0.1) is 0 Å². The maximum absolute atomic E-state index is 3.64. The molecule has 6 rings (SSSR count). The summed E-state index contributed by atoms with van der Waals surface area (Å²) in [4.78, 5) is 0. The Bertz CT molecular complexity index is 2230. The van der Waals surface area contributed by atoms with Gasteiger partial charge < -0.3 is 0 Å². The van der Waals surface area contributed by atoms with Gasteiger partial charge in [-0.05, 0) is 118 Å². The van der Waals surface area contributed by atoms with Crippen molar-refractivity contribution >= 4 is 10.8 Å². The lowest BCUT2D eigenvalue weighted by Gasteiger charge is -2.28. The number of benzene rings is 6. The highest BCUT2D eigenvalue weighted by Gasteiger charge is 2.27. The topological polar surface area (TPSA) is 0 Å². The van der Waals surface area contributed by atoms with Gasteiger partial charge in [0.1, 0.15) is 0 Å². The average molecular weight is 669 g/mol. The van der Waals surface area contributed by atoms with Gasteiger partial charge in [0.2, 0.25) is 0 Å². The highest BCUT2D eigenvalue weighted by molar-refractivity contribution is 5.84. The van der Waals surface area contributed by atoms with Gasteiger partial charge >= 0.3 is 0 Å². The summed E-state index contributed by atoms with van der Waals surface area (Å²) >= 11 is 0. The molecule has 0 aliphatic carbocycles. The Labute approximate surface area is 311 Å². The Morgan fingerprint density at radius 3 is 0.962 bits per heavy atom. The van der Waals surface area contributed by atoms with E-state index in [1.165, 1.54) is 21.9 Å². The van der Waals surface area contributed by atoms with Crippen LogP contribution < -0.4 is 0 Å². The van der Waals surface area contributed by atoms with Gasteiger partial charge in [-0.25, -0.2) is 0 Å². The van der Waals surface area contributed by atoms with Crippen molar-refractivity contribution in [2.45, 2.75) is 53.4 Å². The Morgan fingerprint density at radius 1 is 0.327 bits per heavy atom. The maximum Gasteiger partial charge on any atom is 0.0504 e. The minimum absolute atomic E-state index is 0.0525. The molecule has 2 unspecified atom stereocenters. The Morgan fingerprint density at radius 2 is 0.635 bits per heavy atom. The van der Waals surface area contributed by atoms with E-state index in [1.54, 1.807) is 0 Å². The van der Waals surface area contributed by atoms with Crippen molar-refractivity contribution in [2.75, 3.05) is 0 Å². The van der Waals surface area contributed by atoms with Crippen LogP contribution >= 0.6 is 0 Å². The second-order valence-corrected chi connectivity index (χ2v) is 15.4. The largest absolute Gasteiger partial charge is 0.0891 e. The van der Waals surface area contributed by atoms with Crippen LogP contribution in [0.1, 0.15) is 97.9 Å². The highest BCUT2D eigenvalue weighted by atomic mass is 14.3. The first-order valence-corrected chi connectivity index (χ1v) is 17.9. The molecule has 0 aliphatic rings.